The van der Waals surface area contributed by atoms with Crippen molar-refractivity contribution in [2.45, 2.75) is 18.9 Å². The van der Waals surface area contributed by atoms with Crippen LogP contribution < -0.4 is 15.4 Å². The van der Waals surface area contributed by atoms with Crippen LogP contribution in [0, 0.1) is 0 Å². The highest BCUT2D eigenvalue weighted by atomic mass is 16.5. The number of nitrogens with two attached hydrogens (primary N) is 1. The van der Waals surface area contributed by atoms with Gasteiger partial charge >= 0.3 is 0 Å². The van der Waals surface area contributed by atoms with Gasteiger partial charge in [0.2, 0.25) is 0 Å². The van der Waals surface area contributed by atoms with Gasteiger partial charge in [-0.15, -0.1) is 0 Å². The predicted octanol–water partition coefficient (Wildman–Crippen LogP) is 2.17. The van der Waals surface area contributed by atoms with Gasteiger partial charge < -0.3 is 15.4 Å². The van der Waals surface area contributed by atoms with Gasteiger partial charge in [0.15, 0.2) is 0 Å². The van der Waals surface area contributed by atoms with Crippen molar-refractivity contribution < 1.29 is 4.74 Å². The number of anilines is 1. The maximum atomic E-state index is 5.99. The van der Waals surface area contributed by atoms with Gasteiger partial charge in [-0.25, -0.2) is 0 Å². The molecule has 1 aliphatic heterocycles. The normalized spacial score (nSPS) is 16.8. The largest absolute Gasteiger partial charge is 0.495 e. The van der Waals surface area contributed by atoms with E-state index < -0.39 is 0 Å². The molecule has 0 atom stereocenters. The molecular weight excluding hydrogens is 238 g/mol. The molecule has 100 valence electrons. The molecule has 2 heterocycles. The first-order chi connectivity index (χ1) is 9.29. The lowest BCUT2D eigenvalue weighted by Crippen LogP contribution is -2.39. The van der Waals surface area contributed by atoms with E-state index in [2.05, 4.69) is 16.0 Å². The number of ether oxygens (including phenoxy) is 1. The minimum Gasteiger partial charge on any atom is -0.495 e. The van der Waals surface area contributed by atoms with E-state index in [1.54, 1.807) is 7.11 Å². The van der Waals surface area contributed by atoms with E-state index >= 15 is 0 Å². The van der Waals surface area contributed by atoms with Crippen LogP contribution >= 0.6 is 0 Å². The number of pyridine rings is 1. The first-order valence-corrected chi connectivity index (χ1v) is 6.71. The van der Waals surface area contributed by atoms with Gasteiger partial charge in [0.1, 0.15) is 5.75 Å². The second kappa shape index (κ2) is 5.05. The van der Waals surface area contributed by atoms with Gasteiger partial charge in [0.25, 0.3) is 0 Å². The van der Waals surface area contributed by atoms with Gasteiger partial charge in [-0.2, -0.15) is 0 Å². The molecule has 1 aliphatic rings. The molecule has 19 heavy (non-hydrogen) atoms. The Labute approximate surface area is 113 Å². The smallest absolute Gasteiger partial charge is 0.142 e. The number of nitrogens with zero attached hydrogens (tertiary/aromatic N) is 2. The SMILES string of the molecule is COc1ccc2ccncc2c1N1CCC(N)CC1. The fourth-order valence-corrected chi connectivity index (χ4v) is 2.74. The number of hydrogen-bond donors (Lipinski definition) is 1. The fourth-order valence-electron chi connectivity index (χ4n) is 2.74. The summed E-state index contributed by atoms with van der Waals surface area (Å²) in [5, 5.41) is 2.35. The maximum Gasteiger partial charge on any atom is 0.142 e. The molecule has 2 aromatic rings. The summed E-state index contributed by atoms with van der Waals surface area (Å²) in [6.07, 6.45) is 5.80. The lowest BCUT2D eigenvalue weighted by atomic mass is 10.0. The van der Waals surface area contributed by atoms with E-state index in [1.165, 1.54) is 5.39 Å². The Morgan fingerprint density at radius 1 is 1.26 bits per heavy atom. The van der Waals surface area contributed by atoms with Gasteiger partial charge in [0.05, 0.1) is 12.8 Å². The van der Waals surface area contributed by atoms with Gasteiger partial charge in [0, 0.05) is 36.9 Å². The molecule has 1 fully saturated rings. The first-order valence-electron chi connectivity index (χ1n) is 6.71. The van der Waals surface area contributed by atoms with Crippen molar-refractivity contribution >= 4 is 16.5 Å². The van der Waals surface area contributed by atoms with Crippen LogP contribution in [-0.4, -0.2) is 31.2 Å². The molecule has 3 rings (SSSR count). The Morgan fingerprint density at radius 2 is 2.05 bits per heavy atom. The third kappa shape index (κ3) is 2.24. The van der Waals surface area contributed by atoms with E-state index in [9.17, 15) is 0 Å². The van der Waals surface area contributed by atoms with Crippen LogP contribution in [0.2, 0.25) is 0 Å². The molecule has 0 bridgehead atoms. The fraction of sp³-hybridized carbons (Fsp3) is 0.400. The van der Waals surface area contributed by atoms with Crippen LogP contribution in [-0.2, 0) is 0 Å². The third-order valence-corrected chi connectivity index (χ3v) is 3.83. The number of aromatic nitrogens is 1. The number of methoxy groups -OCH3 is 1. The molecule has 0 aliphatic carbocycles. The lowest BCUT2D eigenvalue weighted by Gasteiger charge is -2.33. The topological polar surface area (TPSA) is 51.4 Å². The second-order valence-corrected chi connectivity index (χ2v) is 5.04. The summed E-state index contributed by atoms with van der Waals surface area (Å²) >= 11 is 0. The molecule has 0 amide bonds. The summed E-state index contributed by atoms with van der Waals surface area (Å²) in [4.78, 5) is 6.62. The van der Waals surface area contributed by atoms with Crippen molar-refractivity contribution in [3.05, 3.63) is 30.6 Å². The van der Waals surface area contributed by atoms with Gasteiger partial charge in [-0.3, -0.25) is 4.98 Å². The molecule has 1 saturated heterocycles. The molecule has 1 aromatic heterocycles. The van der Waals surface area contributed by atoms with E-state index in [1.807, 2.05) is 24.5 Å². The highest BCUT2D eigenvalue weighted by Crippen LogP contribution is 2.37. The predicted molar refractivity (Wildman–Crippen MR) is 77.7 cm³/mol. The van der Waals surface area contributed by atoms with Crippen molar-refractivity contribution in [3.63, 3.8) is 0 Å². The molecule has 4 nitrogen and oxygen atoms in total. The third-order valence-electron chi connectivity index (χ3n) is 3.83. The monoisotopic (exact) mass is 257 g/mol. The van der Waals surface area contributed by atoms with Crippen molar-refractivity contribution in [1.29, 1.82) is 0 Å². The molecule has 2 N–H and O–H groups in total. The molecule has 0 unspecified atom stereocenters. The van der Waals surface area contributed by atoms with Crippen molar-refractivity contribution in [3.8, 4) is 5.75 Å². The number of piperidine rings is 1. The van der Waals surface area contributed by atoms with Crippen molar-refractivity contribution in [2.24, 2.45) is 5.73 Å². The minimum atomic E-state index is 0.329. The Kier molecular flexibility index (Phi) is 3.25. The van der Waals surface area contributed by atoms with Crippen LogP contribution in [0.25, 0.3) is 10.8 Å². The summed E-state index contributed by atoms with van der Waals surface area (Å²) in [5.74, 6) is 0.913. The number of fused-ring (bicyclic) bond motifs is 1. The van der Waals surface area contributed by atoms with Gasteiger partial charge in [-0.05, 0) is 30.4 Å². The molecule has 0 spiro atoms. The molecule has 4 heteroatoms. The summed E-state index contributed by atoms with van der Waals surface area (Å²) in [6, 6.07) is 6.48. The van der Waals surface area contributed by atoms with Crippen LogP contribution in [0.3, 0.4) is 0 Å². The standard InChI is InChI=1S/C15H19N3O/c1-19-14-3-2-11-4-7-17-10-13(11)15(14)18-8-5-12(16)6-9-18/h2-4,7,10,12H,5-6,8-9,16H2,1H3. The van der Waals surface area contributed by atoms with Crippen molar-refractivity contribution in [2.75, 3.05) is 25.1 Å². The maximum absolute atomic E-state index is 5.99. The second-order valence-electron chi connectivity index (χ2n) is 5.04. The zero-order valence-corrected chi connectivity index (χ0v) is 11.2. The van der Waals surface area contributed by atoms with E-state index in [-0.39, 0.29) is 0 Å². The van der Waals surface area contributed by atoms with Crippen LogP contribution in [0.15, 0.2) is 30.6 Å². The highest BCUT2D eigenvalue weighted by molar-refractivity contribution is 5.96. The Bertz CT molecular complexity index is 577. The first kappa shape index (κ1) is 12.2. The lowest BCUT2D eigenvalue weighted by molar-refractivity contribution is 0.411. The Balaban J connectivity index is 2.09. The average Bonchev–Trinajstić information content (AvgIpc) is 2.47. The van der Waals surface area contributed by atoms with Gasteiger partial charge in [-0.1, -0.05) is 6.07 Å². The van der Waals surface area contributed by atoms with Crippen LogP contribution in [0.1, 0.15) is 12.8 Å². The summed E-state index contributed by atoms with van der Waals surface area (Å²) in [5.41, 5.74) is 7.14. The van der Waals surface area contributed by atoms with Crippen LogP contribution in [0.4, 0.5) is 5.69 Å². The summed E-state index contributed by atoms with van der Waals surface area (Å²) < 4.78 is 5.53. The average molecular weight is 257 g/mol. The number of benzene rings is 1. The number of rotatable bonds is 2. The summed E-state index contributed by atoms with van der Waals surface area (Å²) in [6.45, 7) is 1.96. The molecule has 0 saturated carbocycles. The zero-order valence-electron chi connectivity index (χ0n) is 11.2. The minimum absolute atomic E-state index is 0.329. The Hall–Kier alpha value is -1.81. The summed E-state index contributed by atoms with van der Waals surface area (Å²) in [7, 11) is 1.72. The zero-order chi connectivity index (χ0) is 13.2. The quantitative estimate of drug-likeness (QED) is 0.896. The Morgan fingerprint density at radius 3 is 2.79 bits per heavy atom. The molecule has 1 aromatic carbocycles. The molecular formula is C15H19N3O. The van der Waals surface area contributed by atoms with Crippen molar-refractivity contribution in [1.82, 2.24) is 4.98 Å². The van der Waals surface area contributed by atoms with Crippen LogP contribution in [0.5, 0.6) is 5.75 Å². The molecule has 0 radical (unpaired) electrons. The van der Waals surface area contributed by atoms with E-state index in [4.69, 9.17) is 10.5 Å². The number of hydrogen-bond acceptors (Lipinski definition) is 4. The van der Waals surface area contributed by atoms with E-state index in [0.717, 1.165) is 42.8 Å². The van der Waals surface area contributed by atoms with E-state index in [0.29, 0.717) is 6.04 Å². The highest BCUT2D eigenvalue weighted by Gasteiger charge is 2.21.